The van der Waals surface area contributed by atoms with Crippen molar-refractivity contribution >= 4 is 5.96 Å². The van der Waals surface area contributed by atoms with E-state index < -0.39 is 0 Å². The molecule has 0 bridgehead atoms. The lowest BCUT2D eigenvalue weighted by atomic mass is 10.0. The van der Waals surface area contributed by atoms with Crippen LogP contribution in [0.3, 0.4) is 0 Å². The summed E-state index contributed by atoms with van der Waals surface area (Å²) in [4.78, 5) is 15.6. The Kier molecular flexibility index (Phi) is 7.16. The van der Waals surface area contributed by atoms with Gasteiger partial charge in [-0.2, -0.15) is 0 Å². The molecule has 0 saturated carbocycles. The highest BCUT2D eigenvalue weighted by molar-refractivity contribution is 5.79. The second-order valence-corrected chi connectivity index (χ2v) is 7.07. The van der Waals surface area contributed by atoms with Crippen molar-refractivity contribution in [3.05, 3.63) is 59.7 Å². The Morgan fingerprint density at radius 3 is 2.70 bits per heavy atom. The van der Waals surface area contributed by atoms with Gasteiger partial charge in [-0.3, -0.25) is 19.9 Å². The summed E-state index contributed by atoms with van der Waals surface area (Å²) in [6.07, 6.45) is 7.00. The molecule has 27 heavy (non-hydrogen) atoms. The lowest BCUT2D eigenvalue weighted by Crippen LogP contribution is -2.48. The minimum atomic E-state index is 0.470. The van der Waals surface area contributed by atoms with Crippen LogP contribution in [0.4, 0.5) is 0 Å². The van der Waals surface area contributed by atoms with E-state index in [1.54, 1.807) is 0 Å². The van der Waals surface area contributed by atoms with Crippen LogP contribution in [0.15, 0.2) is 47.7 Å². The molecule has 1 aliphatic rings. The highest BCUT2D eigenvalue weighted by Crippen LogP contribution is 2.12. The van der Waals surface area contributed by atoms with Gasteiger partial charge in [-0.15, -0.1) is 0 Å². The van der Waals surface area contributed by atoms with E-state index in [1.165, 1.54) is 5.56 Å². The summed E-state index contributed by atoms with van der Waals surface area (Å²) in [5, 5.41) is 6.98. The SMILES string of the molecule is CN=C(NCCc1ccc(C)nc1)NC1CCN(Cc2ccccn2)CC1. The van der Waals surface area contributed by atoms with Gasteiger partial charge in [-0.1, -0.05) is 12.1 Å². The monoisotopic (exact) mass is 366 g/mol. The van der Waals surface area contributed by atoms with Gasteiger partial charge in [0, 0.05) is 57.4 Å². The molecular weight excluding hydrogens is 336 g/mol. The summed E-state index contributed by atoms with van der Waals surface area (Å²) < 4.78 is 0. The third kappa shape index (κ3) is 6.32. The second kappa shape index (κ2) is 10.0. The summed E-state index contributed by atoms with van der Waals surface area (Å²) in [5.41, 5.74) is 3.44. The van der Waals surface area contributed by atoms with E-state index >= 15 is 0 Å². The minimum Gasteiger partial charge on any atom is -0.356 e. The molecule has 0 aromatic carbocycles. The van der Waals surface area contributed by atoms with E-state index in [1.807, 2.05) is 32.4 Å². The topological polar surface area (TPSA) is 65.4 Å². The van der Waals surface area contributed by atoms with Gasteiger partial charge >= 0.3 is 0 Å². The molecule has 1 fully saturated rings. The number of aromatic nitrogens is 2. The Bertz CT molecular complexity index is 705. The molecule has 0 amide bonds. The zero-order valence-corrected chi connectivity index (χ0v) is 16.4. The van der Waals surface area contributed by atoms with Crippen molar-refractivity contribution in [2.24, 2.45) is 4.99 Å². The van der Waals surface area contributed by atoms with Crippen LogP contribution in [0.5, 0.6) is 0 Å². The molecule has 2 aromatic heterocycles. The van der Waals surface area contributed by atoms with E-state index in [0.717, 1.165) is 62.8 Å². The zero-order chi connectivity index (χ0) is 18.9. The first-order chi connectivity index (χ1) is 13.2. The number of pyridine rings is 2. The van der Waals surface area contributed by atoms with Crippen molar-refractivity contribution in [3.8, 4) is 0 Å². The van der Waals surface area contributed by atoms with Crippen LogP contribution in [-0.4, -0.2) is 53.6 Å². The number of likely N-dealkylation sites (tertiary alicyclic amines) is 1. The number of hydrogen-bond acceptors (Lipinski definition) is 4. The van der Waals surface area contributed by atoms with Crippen molar-refractivity contribution in [1.82, 2.24) is 25.5 Å². The van der Waals surface area contributed by atoms with Crippen molar-refractivity contribution < 1.29 is 0 Å². The van der Waals surface area contributed by atoms with E-state index in [-0.39, 0.29) is 0 Å². The molecule has 6 nitrogen and oxygen atoms in total. The maximum atomic E-state index is 4.43. The Morgan fingerprint density at radius 1 is 1.19 bits per heavy atom. The number of hydrogen-bond donors (Lipinski definition) is 2. The van der Waals surface area contributed by atoms with Crippen molar-refractivity contribution in [2.45, 2.75) is 38.8 Å². The normalized spacial score (nSPS) is 16.3. The first-order valence-electron chi connectivity index (χ1n) is 9.74. The Morgan fingerprint density at radius 2 is 2.04 bits per heavy atom. The third-order valence-corrected chi connectivity index (χ3v) is 4.94. The molecule has 2 aromatic rings. The van der Waals surface area contributed by atoms with E-state index in [9.17, 15) is 0 Å². The minimum absolute atomic E-state index is 0.470. The molecule has 2 N–H and O–H groups in total. The number of aryl methyl sites for hydroxylation is 1. The Hall–Kier alpha value is -2.47. The fourth-order valence-corrected chi connectivity index (χ4v) is 3.32. The molecule has 3 heterocycles. The Labute approximate surface area is 162 Å². The summed E-state index contributed by atoms with van der Waals surface area (Å²) in [6.45, 7) is 5.96. The predicted molar refractivity (Wildman–Crippen MR) is 110 cm³/mol. The van der Waals surface area contributed by atoms with Gasteiger partial charge in [0.2, 0.25) is 0 Å². The number of piperidine rings is 1. The van der Waals surface area contributed by atoms with E-state index in [4.69, 9.17) is 0 Å². The maximum absolute atomic E-state index is 4.43. The van der Waals surface area contributed by atoms with Gasteiger partial charge < -0.3 is 10.6 Å². The van der Waals surface area contributed by atoms with Crippen LogP contribution in [-0.2, 0) is 13.0 Å². The van der Waals surface area contributed by atoms with Crippen LogP contribution < -0.4 is 10.6 Å². The number of nitrogens with zero attached hydrogens (tertiary/aromatic N) is 4. The van der Waals surface area contributed by atoms with Crippen molar-refractivity contribution in [2.75, 3.05) is 26.7 Å². The lowest BCUT2D eigenvalue weighted by molar-refractivity contribution is 0.196. The number of nitrogens with one attached hydrogen (secondary N) is 2. The first kappa shape index (κ1) is 19.3. The standard InChI is InChI=1S/C21H30N6/c1-17-6-7-18(15-25-17)8-12-24-21(22-2)26-19-9-13-27(14-10-19)16-20-5-3-4-11-23-20/h3-7,11,15,19H,8-10,12-14,16H2,1-2H3,(H2,22,24,26). The number of aliphatic imine (C=N–C) groups is 1. The molecule has 0 atom stereocenters. The van der Waals surface area contributed by atoms with Gasteiger partial charge in [-0.05, 0) is 49.9 Å². The molecule has 3 rings (SSSR count). The average Bonchev–Trinajstić information content (AvgIpc) is 2.71. The van der Waals surface area contributed by atoms with Crippen molar-refractivity contribution in [3.63, 3.8) is 0 Å². The quantitative estimate of drug-likeness (QED) is 0.606. The smallest absolute Gasteiger partial charge is 0.191 e. The first-order valence-corrected chi connectivity index (χ1v) is 9.74. The van der Waals surface area contributed by atoms with Gasteiger partial charge in [-0.25, -0.2) is 0 Å². The van der Waals surface area contributed by atoms with E-state index in [2.05, 4.69) is 54.8 Å². The largest absolute Gasteiger partial charge is 0.356 e. The number of rotatable bonds is 6. The van der Waals surface area contributed by atoms with Gasteiger partial charge in [0.25, 0.3) is 0 Å². The molecule has 1 aliphatic heterocycles. The second-order valence-electron chi connectivity index (χ2n) is 7.07. The summed E-state index contributed by atoms with van der Waals surface area (Å²) in [5.74, 6) is 0.887. The fraction of sp³-hybridized carbons (Fsp3) is 0.476. The third-order valence-electron chi connectivity index (χ3n) is 4.94. The van der Waals surface area contributed by atoms with Gasteiger partial charge in [0.15, 0.2) is 5.96 Å². The van der Waals surface area contributed by atoms with Crippen molar-refractivity contribution in [1.29, 1.82) is 0 Å². The highest BCUT2D eigenvalue weighted by Gasteiger charge is 2.20. The molecular formula is C21H30N6. The molecule has 6 heteroatoms. The van der Waals surface area contributed by atoms with Crippen LogP contribution in [0, 0.1) is 6.92 Å². The van der Waals surface area contributed by atoms with Gasteiger partial charge in [0.1, 0.15) is 0 Å². The molecule has 1 saturated heterocycles. The molecule has 0 unspecified atom stereocenters. The molecule has 0 radical (unpaired) electrons. The van der Waals surface area contributed by atoms with E-state index in [0.29, 0.717) is 6.04 Å². The highest BCUT2D eigenvalue weighted by atomic mass is 15.2. The van der Waals surface area contributed by atoms with Crippen LogP contribution in [0.1, 0.15) is 29.8 Å². The zero-order valence-electron chi connectivity index (χ0n) is 16.4. The lowest BCUT2D eigenvalue weighted by Gasteiger charge is -2.32. The fourth-order valence-electron chi connectivity index (χ4n) is 3.32. The molecule has 0 aliphatic carbocycles. The van der Waals surface area contributed by atoms with Crippen LogP contribution in [0.2, 0.25) is 0 Å². The van der Waals surface area contributed by atoms with Gasteiger partial charge in [0.05, 0.1) is 5.69 Å². The van der Waals surface area contributed by atoms with Crippen LogP contribution >= 0.6 is 0 Å². The summed E-state index contributed by atoms with van der Waals surface area (Å²) in [6, 6.07) is 10.8. The molecule has 144 valence electrons. The predicted octanol–water partition coefficient (Wildman–Crippen LogP) is 2.16. The summed E-state index contributed by atoms with van der Waals surface area (Å²) in [7, 11) is 1.83. The maximum Gasteiger partial charge on any atom is 0.191 e. The van der Waals surface area contributed by atoms with Crippen LogP contribution in [0.25, 0.3) is 0 Å². The Balaban J connectivity index is 1.37. The summed E-state index contributed by atoms with van der Waals surface area (Å²) >= 11 is 0. The average molecular weight is 367 g/mol. The number of guanidine groups is 1. The molecule has 0 spiro atoms.